The number of carbonyl (C=O) groups excluding carboxylic acids is 3. The molecule has 1 aliphatic heterocycles. The van der Waals surface area contributed by atoms with E-state index in [0.717, 1.165) is 14.5 Å². The van der Waals surface area contributed by atoms with Gasteiger partial charge in [-0.3, -0.25) is 29.4 Å². The number of anilines is 1. The van der Waals surface area contributed by atoms with E-state index in [-0.39, 0.29) is 35.7 Å². The maximum absolute atomic E-state index is 12.3. The van der Waals surface area contributed by atoms with Crippen molar-refractivity contribution >= 4 is 51.7 Å². The van der Waals surface area contributed by atoms with Gasteiger partial charge in [0.05, 0.1) is 16.1 Å². The Morgan fingerprint density at radius 1 is 1.12 bits per heavy atom. The van der Waals surface area contributed by atoms with E-state index in [1.807, 2.05) is 6.07 Å². The molecule has 1 heterocycles. The van der Waals surface area contributed by atoms with Crippen LogP contribution in [0, 0.1) is 13.7 Å². The number of non-ortho nitro benzene ring substituents is 1. The lowest BCUT2D eigenvalue weighted by molar-refractivity contribution is -0.384. The first-order valence-electron chi connectivity index (χ1n) is 7.57. The highest BCUT2D eigenvalue weighted by molar-refractivity contribution is 14.1. The summed E-state index contributed by atoms with van der Waals surface area (Å²) in [5, 5.41) is 13.5. The molecule has 3 amide bonds. The smallest absolute Gasteiger partial charge is 0.270 e. The van der Waals surface area contributed by atoms with Gasteiger partial charge in [0, 0.05) is 34.4 Å². The minimum absolute atomic E-state index is 0.0118. The Bertz CT molecular complexity index is 944. The third-order valence-corrected chi connectivity index (χ3v) is 4.51. The fourth-order valence-corrected chi connectivity index (χ4v) is 3.14. The fourth-order valence-electron chi connectivity index (χ4n) is 2.60. The normalized spacial score (nSPS) is 12.9. The summed E-state index contributed by atoms with van der Waals surface area (Å²) < 4.78 is 0.961. The Hall–Kier alpha value is -2.82. The van der Waals surface area contributed by atoms with Gasteiger partial charge in [-0.1, -0.05) is 6.07 Å². The molecule has 0 aromatic heterocycles. The molecule has 0 radical (unpaired) electrons. The third-order valence-electron chi connectivity index (χ3n) is 3.84. The molecular formula is C17H12IN3O5. The fraction of sp³-hybridized carbons (Fsp3) is 0.118. The zero-order chi connectivity index (χ0) is 18.8. The number of benzene rings is 2. The Labute approximate surface area is 161 Å². The van der Waals surface area contributed by atoms with Gasteiger partial charge in [-0.25, -0.2) is 0 Å². The number of nitrogens with one attached hydrogen (secondary N) is 1. The van der Waals surface area contributed by atoms with Gasteiger partial charge in [-0.15, -0.1) is 0 Å². The number of nitrogens with zero attached hydrogens (tertiary/aromatic N) is 2. The number of nitro benzene ring substituents is 1. The monoisotopic (exact) mass is 465 g/mol. The topological polar surface area (TPSA) is 110 Å². The van der Waals surface area contributed by atoms with Gasteiger partial charge in [0.1, 0.15) is 0 Å². The molecule has 0 unspecified atom stereocenters. The molecular weight excluding hydrogens is 453 g/mol. The predicted octanol–water partition coefficient (Wildman–Crippen LogP) is 2.82. The second kappa shape index (κ2) is 7.20. The van der Waals surface area contributed by atoms with Gasteiger partial charge in [0.15, 0.2) is 0 Å². The first-order valence-corrected chi connectivity index (χ1v) is 8.65. The highest BCUT2D eigenvalue weighted by atomic mass is 127. The van der Waals surface area contributed by atoms with Gasteiger partial charge in [0.25, 0.3) is 17.5 Å². The van der Waals surface area contributed by atoms with Crippen LogP contribution in [0.4, 0.5) is 11.4 Å². The van der Waals surface area contributed by atoms with Gasteiger partial charge in [0.2, 0.25) is 5.91 Å². The van der Waals surface area contributed by atoms with E-state index in [2.05, 4.69) is 27.9 Å². The molecule has 1 N–H and O–H groups in total. The lowest BCUT2D eigenvalue weighted by Gasteiger charge is -2.13. The van der Waals surface area contributed by atoms with E-state index in [4.69, 9.17) is 0 Å². The molecule has 132 valence electrons. The van der Waals surface area contributed by atoms with Crippen LogP contribution in [0.25, 0.3) is 0 Å². The molecule has 2 aromatic carbocycles. The number of halogens is 1. The molecule has 0 saturated carbocycles. The molecule has 0 fully saturated rings. The van der Waals surface area contributed by atoms with Crippen LogP contribution >= 0.6 is 22.6 Å². The molecule has 9 heteroatoms. The molecule has 0 atom stereocenters. The van der Waals surface area contributed by atoms with Crippen LogP contribution in [0.15, 0.2) is 42.5 Å². The molecule has 8 nitrogen and oxygen atoms in total. The average Bonchev–Trinajstić information content (AvgIpc) is 2.83. The lowest BCUT2D eigenvalue weighted by atomic mass is 10.1. The van der Waals surface area contributed by atoms with Gasteiger partial charge < -0.3 is 5.32 Å². The number of hydrogen-bond acceptors (Lipinski definition) is 5. The van der Waals surface area contributed by atoms with Crippen molar-refractivity contribution in [1.29, 1.82) is 0 Å². The summed E-state index contributed by atoms with van der Waals surface area (Å²) in [6, 6.07) is 10.7. The van der Waals surface area contributed by atoms with Crippen molar-refractivity contribution in [2.75, 3.05) is 11.9 Å². The van der Waals surface area contributed by atoms with Crippen molar-refractivity contribution in [3.63, 3.8) is 0 Å². The van der Waals surface area contributed by atoms with E-state index >= 15 is 0 Å². The van der Waals surface area contributed by atoms with E-state index in [1.54, 1.807) is 18.2 Å². The van der Waals surface area contributed by atoms with Crippen LogP contribution in [0.2, 0.25) is 0 Å². The van der Waals surface area contributed by atoms with Crippen molar-refractivity contribution in [3.8, 4) is 0 Å². The first kappa shape index (κ1) is 18.0. The minimum atomic E-state index is -0.630. The maximum atomic E-state index is 12.3. The molecule has 0 aliphatic carbocycles. The number of nitro groups is 1. The summed E-state index contributed by atoms with van der Waals surface area (Å²) in [6.07, 6.45) is -0.0704. The maximum Gasteiger partial charge on any atom is 0.270 e. The highest BCUT2D eigenvalue weighted by Crippen LogP contribution is 2.27. The van der Waals surface area contributed by atoms with Crippen molar-refractivity contribution in [2.45, 2.75) is 6.42 Å². The molecule has 0 bridgehead atoms. The number of fused-ring (bicyclic) bond motifs is 1. The van der Waals surface area contributed by atoms with Crippen LogP contribution in [-0.4, -0.2) is 34.1 Å². The Morgan fingerprint density at radius 2 is 1.85 bits per heavy atom. The molecule has 0 spiro atoms. The van der Waals surface area contributed by atoms with E-state index in [1.165, 1.54) is 12.1 Å². The minimum Gasteiger partial charge on any atom is -0.326 e. The number of rotatable bonds is 5. The van der Waals surface area contributed by atoms with Gasteiger partial charge in [-0.05, 0) is 46.9 Å². The first-order chi connectivity index (χ1) is 12.4. The second-order valence-electron chi connectivity index (χ2n) is 5.56. The van der Waals surface area contributed by atoms with Crippen molar-refractivity contribution in [2.24, 2.45) is 0 Å². The summed E-state index contributed by atoms with van der Waals surface area (Å²) in [4.78, 5) is 47.8. The van der Waals surface area contributed by atoms with Crippen LogP contribution in [-0.2, 0) is 4.79 Å². The summed E-state index contributed by atoms with van der Waals surface area (Å²) in [5.41, 5.74) is 0.462. The van der Waals surface area contributed by atoms with Crippen LogP contribution < -0.4 is 5.32 Å². The molecule has 3 rings (SSSR count). The molecule has 0 saturated heterocycles. The summed E-state index contributed by atoms with van der Waals surface area (Å²) in [5.74, 6) is -1.52. The largest absolute Gasteiger partial charge is 0.326 e. The number of imide groups is 1. The highest BCUT2D eigenvalue weighted by Gasteiger charge is 2.36. The molecule has 26 heavy (non-hydrogen) atoms. The molecule has 2 aromatic rings. The van der Waals surface area contributed by atoms with Crippen molar-refractivity contribution in [3.05, 3.63) is 67.3 Å². The third kappa shape index (κ3) is 3.57. The molecule has 1 aliphatic rings. The average molecular weight is 465 g/mol. The Morgan fingerprint density at radius 3 is 2.54 bits per heavy atom. The summed E-state index contributed by atoms with van der Waals surface area (Å²) in [6.45, 7) is -0.101. The Kier molecular flexibility index (Phi) is 4.98. The second-order valence-corrected chi connectivity index (χ2v) is 6.80. The van der Waals surface area contributed by atoms with Gasteiger partial charge in [-0.2, -0.15) is 0 Å². The van der Waals surface area contributed by atoms with E-state index in [9.17, 15) is 24.5 Å². The van der Waals surface area contributed by atoms with E-state index in [0.29, 0.717) is 5.69 Å². The van der Waals surface area contributed by atoms with Crippen LogP contribution in [0.1, 0.15) is 27.1 Å². The van der Waals surface area contributed by atoms with Gasteiger partial charge >= 0.3 is 0 Å². The number of carbonyl (C=O) groups is 3. The predicted molar refractivity (Wildman–Crippen MR) is 101 cm³/mol. The van der Waals surface area contributed by atoms with Crippen molar-refractivity contribution in [1.82, 2.24) is 4.90 Å². The number of amides is 3. The lowest BCUT2D eigenvalue weighted by Crippen LogP contribution is -2.32. The zero-order valence-corrected chi connectivity index (χ0v) is 15.4. The Balaban J connectivity index is 1.67. The summed E-state index contributed by atoms with van der Waals surface area (Å²) in [7, 11) is 0. The quantitative estimate of drug-likeness (QED) is 0.316. The SMILES string of the molecule is O=C(CCN1C(=O)c2ccc([N+](=O)[O-])cc2C1=O)Nc1cccc(I)c1. The van der Waals surface area contributed by atoms with Crippen molar-refractivity contribution < 1.29 is 19.3 Å². The van der Waals surface area contributed by atoms with Crippen LogP contribution in [0.3, 0.4) is 0 Å². The summed E-state index contributed by atoms with van der Waals surface area (Å²) >= 11 is 2.12. The van der Waals surface area contributed by atoms with E-state index < -0.39 is 16.7 Å². The van der Waals surface area contributed by atoms with Crippen LogP contribution in [0.5, 0.6) is 0 Å². The zero-order valence-electron chi connectivity index (χ0n) is 13.3. The number of hydrogen-bond donors (Lipinski definition) is 1. The standard InChI is InChI=1S/C17H12IN3O5/c18-10-2-1-3-11(8-10)19-15(22)6-7-20-16(23)13-5-4-12(21(25)26)9-14(13)17(20)24/h1-5,8-9H,6-7H2,(H,19,22).